The van der Waals surface area contributed by atoms with E-state index in [9.17, 15) is 8.42 Å². The van der Waals surface area contributed by atoms with Gasteiger partial charge in [-0.25, -0.2) is 8.42 Å². The van der Waals surface area contributed by atoms with Crippen molar-refractivity contribution >= 4 is 9.84 Å². The minimum Gasteiger partial charge on any atom is -0.493 e. The summed E-state index contributed by atoms with van der Waals surface area (Å²) in [6.07, 6.45) is 0.727. The molecule has 0 spiro atoms. The van der Waals surface area contributed by atoms with E-state index in [1.165, 1.54) is 7.11 Å². The fourth-order valence-electron chi connectivity index (χ4n) is 3.26. The maximum atomic E-state index is 13.0. The van der Waals surface area contributed by atoms with Crippen molar-refractivity contribution in [1.82, 2.24) is 5.32 Å². The van der Waals surface area contributed by atoms with Gasteiger partial charge in [0.15, 0.2) is 21.3 Å². The Hall–Kier alpha value is -2.05. The van der Waals surface area contributed by atoms with Gasteiger partial charge in [0, 0.05) is 12.1 Å². The molecule has 0 aromatic heterocycles. The van der Waals surface area contributed by atoms with E-state index in [1.807, 2.05) is 37.3 Å². The van der Waals surface area contributed by atoms with Crippen LogP contribution in [0.2, 0.25) is 0 Å². The molecule has 0 saturated heterocycles. The molecular formula is C19H23NO4S. The summed E-state index contributed by atoms with van der Waals surface area (Å²) in [5, 5.41) is 3.51. The molecule has 134 valence electrons. The van der Waals surface area contributed by atoms with E-state index in [2.05, 4.69) is 5.32 Å². The molecule has 1 aliphatic rings. The summed E-state index contributed by atoms with van der Waals surface area (Å²) in [4.78, 5) is 0.308. The van der Waals surface area contributed by atoms with E-state index >= 15 is 0 Å². The lowest BCUT2D eigenvalue weighted by Gasteiger charge is -2.23. The van der Waals surface area contributed by atoms with Crippen molar-refractivity contribution in [2.45, 2.75) is 30.3 Å². The van der Waals surface area contributed by atoms with E-state index < -0.39 is 9.84 Å². The summed E-state index contributed by atoms with van der Waals surface area (Å²) >= 11 is 0. The third-order valence-electron chi connectivity index (χ3n) is 4.61. The lowest BCUT2D eigenvalue weighted by Crippen LogP contribution is -2.35. The van der Waals surface area contributed by atoms with Gasteiger partial charge in [-0.15, -0.1) is 0 Å². The molecule has 0 amide bonds. The van der Waals surface area contributed by atoms with E-state index in [0.717, 1.165) is 12.0 Å². The Kier molecular flexibility index (Phi) is 5.01. The third-order valence-corrected chi connectivity index (χ3v) is 6.48. The predicted octanol–water partition coefficient (Wildman–Crippen LogP) is 2.95. The highest BCUT2D eigenvalue weighted by Gasteiger charge is 2.34. The van der Waals surface area contributed by atoms with Gasteiger partial charge in [0.1, 0.15) is 0 Å². The topological polar surface area (TPSA) is 64.6 Å². The molecule has 6 heteroatoms. The monoisotopic (exact) mass is 361 g/mol. The number of benzene rings is 2. The zero-order chi connectivity index (χ0) is 18.0. The number of rotatable bonds is 4. The molecule has 0 bridgehead atoms. The van der Waals surface area contributed by atoms with Gasteiger partial charge in [0.2, 0.25) is 0 Å². The standard InChI is InChI=1S/C19H23NO4S/c1-4-14-12-25(21,22)18-11-17(24-3)16(23-2)10-15(18)19(20-14)13-8-6-5-7-9-13/h5-11,14,19-20H,4,12H2,1-3H3/t14-,19+/m0/s1. The second-order valence-corrected chi connectivity index (χ2v) is 8.14. The lowest BCUT2D eigenvalue weighted by molar-refractivity contribution is 0.352. The van der Waals surface area contributed by atoms with Gasteiger partial charge in [-0.2, -0.15) is 0 Å². The molecule has 0 radical (unpaired) electrons. The Morgan fingerprint density at radius 1 is 1.08 bits per heavy atom. The van der Waals surface area contributed by atoms with Gasteiger partial charge in [-0.05, 0) is 23.6 Å². The van der Waals surface area contributed by atoms with Crippen LogP contribution in [0.4, 0.5) is 0 Å². The quantitative estimate of drug-likeness (QED) is 0.907. The van der Waals surface area contributed by atoms with Crippen LogP contribution in [0.3, 0.4) is 0 Å². The average Bonchev–Trinajstić information content (AvgIpc) is 2.75. The second kappa shape index (κ2) is 7.06. The van der Waals surface area contributed by atoms with E-state index in [1.54, 1.807) is 19.2 Å². The average molecular weight is 361 g/mol. The molecule has 0 aliphatic carbocycles. The van der Waals surface area contributed by atoms with Gasteiger partial charge < -0.3 is 14.8 Å². The maximum absolute atomic E-state index is 13.0. The zero-order valence-corrected chi connectivity index (χ0v) is 15.5. The first-order chi connectivity index (χ1) is 12.0. The van der Waals surface area contributed by atoms with E-state index in [4.69, 9.17) is 9.47 Å². The summed E-state index contributed by atoms with van der Waals surface area (Å²) in [5.74, 6) is 1.01. The normalized spacial score (nSPS) is 21.9. The van der Waals surface area contributed by atoms with Gasteiger partial charge >= 0.3 is 0 Å². The first-order valence-corrected chi connectivity index (χ1v) is 9.95. The minimum absolute atomic E-state index is 0.0648. The molecule has 1 heterocycles. The van der Waals surface area contributed by atoms with Crippen LogP contribution in [0.15, 0.2) is 47.4 Å². The van der Waals surface area contributed by atoms with Crippen molar-refractivity contribution in [3.05, 3.63) is 53.6 Å². The molecule has 0 fully saturated rings. The number of hydrogen-bond acceptors (Lipinski definition) is 5. The van der Waals surface area contributed by atoms with Gasteiger partial charge in [-0.1, -0.05) is 37.3 Å². The fourth-order valence-corrected chi connectivity index (χ4v) is 5.12. The minimum atomic E-state index is -3.44. The van der Waals surface area contributed by atoms with Crippen molar-refractivity contribution in [3.8, 4) is 11.5 Å². The van der Waals surface area contributed by atoms with Crippen molar-refractivity contribution in [2.75, 3.05) is 20.0 Å². The molecule has 0 saturated carbocycles. The summed E-state index contributed by atoms with van der Waals surface area (Å²) < 4.78 is 36.7. The van der Waals surface area contributed by atoms with Crippen LogP contribution in [0.1, 0.15) is 30.5 Å². The van der Waals surface area contributed by atoms with Crippen molar-refractivity contribution < 1.29 is 17.9 Å². The fraction of sp³-hybridized carbons (Fsp3) is 0.368. The van der Waals surface area contributed by atoms with Gasteiger partial charge in [-0.3, -0.25) is 0 Å². The van der Waals surface area contributed by atoms with E-state index in [-0.39, 0.29) is 17.8 Å². The number of fused-ring (bicyclic) bond motifs is 1. The van der Waals surface area contributed by atoms with Crippen LogP contribution in [-0.2, 0) is 9.84 Å². The highest BCUT2D eigenvalue weighted by Crippen LogP contribution is 2.39. The van der Waals surface area contributed by atoms with Crippen LogP contribution >= 0.6 is 0 Å². The van der Waals surface area contributed by atoms with Crippen LogP contribution in [0, 0.1) is 0 Å². The Morgan fingerprint density at radius 2 is 1.72 bits per heavy atom. The zero-order valence-electron chi connectivity index (χ0n) is 14.7. The molecule has 25 heavy (non-hydrogen) atoms. The largest absolute Gasteiger partial charge is 0.493 e. The molecule has 1 aliphatic heterocycles. The Balaban J connectivity index is 2.27. The lowest BCUT2D eigenvalue weighted by atomic mass is 9.97. The van der Waals surface area contributed by atoms with Crippen LogP contribution in [0.25, 0.3) is 0 Å². The first-order valence-electron chi connectivity index (χ1n) is 8.29. The van der Waals surface area contributed by atoms with Crippen molar-refractivity contribution in [3.63, 3.8) is 0 Å². The smallest absolute Gasteiger partial charge is 0.180 e. The highest BCUT2D eigenvalue weighted by atomic mass is 32.2. The number of hydrogen-bond donors (Lipinski definition) is 1. The summed E-state index contributed by atoms with van der Waals surface area (Å²) in [6.45, 7) is 1.99. The Bertz CT molecular complexity index is 849. The predicted molar refractivity (Wildman–Crippen MR) is 97.1 cm³/mol. The molecule has 3 rings (SSSR count). The van der Waals surface area contributed by atoms with Gasteiger partial charge in [0.05, 0.1) is 30.9 Å². The van der Waals surface area contributed by atoms with Crippen LogP contribution in [-0.4, -0.2) is 34.4 Å². The molecule has 2 aromatic rings. The molecule has 1 N–H and O–H groups in total. The Labute approximate surface area is 148 Å². The number of ether oxygens (including phenoxy) is 2. The van der Waals surface area contributed by atoms with Crippen molar-refractivity contribution in [2.24, 2.45) is 0 Å². The summed E-state index contributed by atoms with van der Waals surface area (Å²) in [7, 11) is -0.376. The molecule has 5 nitrogen and oxygen atoms in total. The Morgan fingerprint density at radius 3 is 2.32 bits per heavy atom. The first kappa shape index (κ1) is 17.8. The highest BCUT2D eigenvalue weighted by molar-refractivity contribution is 7.91. The van der Waals surface area contributed by atoms with Crippen LogP contribution in [0.5, 0.6) is 11.5 Å². The van der Waals surface area contributed by atoms with Crippen molar-refractivity contribution in [1.29, 1.82) is 0 Å². The summed E-state index contributed by atoms with van der Waals surface area (Å²) in [5.41, 5.74) is 1.71. The summed E-state index contributed by atoms with van der Waals surface area (Å²) in [6, 6.07) is 12.9. The molecule has 2 aromatic carbocycles. The maximum Gasteiger partial charge on any atom is 0.180 e. The number of nitrogens with one attached hydrogen (secondary N) is 1. The van der Waals surface area contributed by atoms with Gasteiger partial charge in [0.25, 0.3) is 0 Å². The number of methoxy groups -OCH3 is 2. The number of sulfone groups is 1. The molecule has 2 atom stereocenters. The van der Waals surface area contributed by atoms with E-state index in [0.29, 0.717) is 22.0 Å². The molecule has 0 unspecified atom stereocenters. The van der Waals surface area contributed by atoms with Crippen LogP contribution < -0.4 is 14.8 Å². The second-order valence-electron chi connectivity index (χ2n) is 6.14. The SMILES string of the molecule is CC[C@H]1CS(=O)(=O)c2cc(OC)c(OC)cc2[C@@H](c2ccccc2)N1. The molecular weight excluding hydrogens is 338 g/mol. The third kappa shape index (κ3) is 3.37.